The second kappa shape index (κ2) is 11.8. The topological polar surface area (TPSA) is 97.7 Å². The maximum absolute atomic E-state index is 13.6. The van der Waals surface area contributed by atoms with Gasteiger partial charge < -0.3 is 19.9 Å². The molecule has 2 aromatic heterocycles. The van der Waals surface area contributed by atoms with Gasteiger partial charge in [0.15, 0.2) is 5.82 Å². The van der Waals surface area contributed by atoms with E-state index in [-0.39, 0.29) is 24.5 Å². The van der Waals surface area contributed by atoms with Gasteiger partial charge in [0, 0.05) is 29.9 Å². The number of alkyl halides is 6. The van der Waals surface area contributed by atoms with Crippen molar-refractivity contribution < 1.29 is 40.4 Å². The Morgan fingerprint density at radius 1 is 1.02 bits per heavy atom. The molecule has 2 fully saturated rings. The largest absolute Gasteiger partial charge is 0.439 e. The summed E-state index contributed by atoms with van der Waals surface area (Å²) >= 11 is 0. The lowest BCUT2D eigenvalue weighted by Gasteiger charge is -2.36. The Bertz CT molecular complexity index is 1460. The lowest BCUT2D eigenvalue weighted by Crippen LogP contribution is -2.39. The van der Waals surface area contributed by atoms with Crippen LogP contribution < -0.4 is 10.6 Å². The van der Waals surface area contributed by atoms with E-state index >= 15 is 0 Å². The second-order valence-corrected chi connectivity index (χ2v) is 11.3. The molecule has 3 aromatic rings. The molecule has 5 rings (SSSR count). The fourth-order valence-corrected chi connectivity index (χ4v) is 6.22. The summed E-state index contributed by atoms with van der Waals surface area (Å²) < 4.78 is 92.0. The van der Waals surface area contributed by atoms with Crippen LogP contribution in [0.1, 0.15) is 80.1 Å². The number of aromatic nitrogens is 2. The smallest absolute Gasteiger partial charge is 0.416 e. The maximum Gasteiger partial charge on any atom is 0.416 e. The van der Waals surface area contributed by atoms with Crippen LogP contribution >= 0.6 is 0 Å². The number of nitrogen functional groups attached to an aromatic ring is 1. The van der Waals surface area contributed by atoms with Crippen molar-refractivity contribution in [1.29, 1.82) is 0 Å². The summed E-state index contributed by atoms with van der Waals surface area (Å²) in [5.74, 6) is 1.24. The van der Waals surface area contributed by atoms with Gasteiger partial charge in [-0.3, -0.25) is 4.90 Å². The van der Waals surface area contributed by atoms with E-state index in [2.05, 4.69) is 10.1 Å². The molecule has 3 heterocycles. The monoisotopic (exact) mass is 625 g/mol. The zero-order valence-electron chi connectivity index (χ0n) is 24.4. The molecule has 0 spiro atoms. The molecule has 2 N–H and O–H groups in total. The van der Waals surface area contributed by atoms with Gasteiger partial charge in [0.1, 0.15) is 17.7 Å². The third-order valence-corrected chi connectivity index (χ3v) is 8.42. The first-order chi connectivity index (χ1) is 20.7. The van der Waals surface area contributed by atoms with Gasteiger partial charge in [-0.2, -0.15) is 26.3 Å². The van der Waals surface area contributed by atoms with Gasteiger partial charge in [-0.05, 0) is 63.4 Å². The van der Waals surface area contributed by atoms with Gasteiger partial charge in [0.25, 0.3) is 0 Å². The number of hydrogen-bond acceptors (Lipinski definition) is 7. The zero-order chi connectivity index (χ0) is 32.0. The minimum Gasteiger partial charge on any atom is -0.439 e. The number of rotatable bonds is 7. The van der Waals surface area contributed by atoms with Crippen molar-refractivity contribution in [3.63, 3.8) is 0 Å². The molecule has 44 heavy (non-hydrogen) atoms. The van der Waals surface area contributed by atoms with Crippen molar-refractivity contribution in [2.75, 3.05) is 17.2 Å². The maximum atomic E-state index is 13.6. The van der Waals surface area contributed by atoms with E-state index in [1.165, 1.54) is 11.8 Å². The molecule has 0 radical (unpaired) electrons. The van der Waals surface area contributed by atoms with Crippen molar-refractivity contribution in [3.05, 3.63) is 58.5 Å². The summed E-state index contributed by atoms with van der Waals surface area (Å²) in [6.07, 6.45) is -5.45. The number of hydrogen-bond donors (Lipinski definition) is 1. The van der Waals surface area contributed by atoms with E-state index < -0.39 is 47.3 Å². The number of carbonyl (C=O) groups excluding carboxylic acids is 1. The van der Waals surface area contributed by atoms with Crippen LogP contribution in [0.3, 0.4) is 0 Å². The molecule has 1 aliphatic carbocycles. The van der Waals surface area contributed by atoms with Crippen molar-refractivity contribution in [1.82, 2.24) is 15.0 Å². The number of amides is 1. The Balaban J connectivity index is 1.53. The van der Waals surface area contributed by atoms with Crippen LogP contribution in [0.5, 0.6) is 0 Å². The Kier molecular flexibility index (Phi) is 8.47. The highest BCUT2D eigenvalue weighted by atomic mass is 19.4. The highest BCUT2D eigenvalue weighted by molar-refractivity contribution is 5.77. The molecule has 1 aromatic carbocycles. The van der Waals surface area contributed by atoms with Gasteiger partial charge in [-0.15, -0.1) is 0 Å². The Hall–Kier alpha value is -3.97. The predicted octanol–water partition coefficient (Wildman–Crippen LogP) is 7.91. The summed E-state index contributed by atoms with van der Waals surface area (Å²) in [5, 5.41) is 3.81. The average molecular weight is 626 g/mol. The van der Waals surface area contributed by atoms with E-state index in [1.54, 1.807) is 13.1 Å². The molecule has 238 valence electrons. The SMILES string of the molecule is CCN(c1ncc(-c2c(N)noc2C)cc1CN1C(=O)OC(c2cc(C(F)(F)F)cc(C(F)(F)F)c2)[C@@H]1C)C1CCCCC1. The Morgan fingerprint density at radius 2 is 1.66 bits per heavy atom. The standard InChI is InChI=1S/C30H33F6N5O3/c1-4-40(23-8-6-5-7-9-23)27-20(10-19(14-38-27)24-17(3)44-39-26(24)37)15-41-16(2)25(43-28(41)42)18-11-21(29(31,32)33)13-22(12-18)30(34,35)36/h10-14,16,23,25H,4-9,15H2,1-3H3,(H2,37,39)/t16-,25?/m0/s1. The van der Waals surface area contributed by atoms with Gasteiger partial charge in [0.05, 0.1) is 29.3 Å². The first-order valence-corrected chi connectivity index (χ1v) is 14.4. The lowest BCUT2D eigenvalue weighted by molar-refractivity contribution is -0.143. The van der Waals surface area contributed by atoms with Crippen LogP contribution in [-0.4, -0.2) is 39.8 Å². The third-order valence-electron chi connectivity index (χ3n) is 8.42. The van der Waals surface area contributed by atoms with Gasteiger partial charge in [-0.1, -0.05) is 24.4 Å². The number of nitrogens with two attached hydrogens (primary N) is 1. The van der Waals surface area contributed by atoms with Crippen LogP contribution in [0.4, 0.5) is 42.8 Å². The van der Waals surface area contributed by atoms with Crippen LogP contribution in [0.15, 0.2) is 35.0 Å². The number of cyclic esters (lactones) is 1. The van der Waals surface area contributed by atoms with E-state index in [1.807, 2.05) is 13.0 Å². The van der Waals surface area contributed by atoms with E-state index in [4.69, 9.17) is 20.0 Å². The second-order valence-electron chi connectivity index (χ2n) is 11.3. The first kappa shape index (κ1) is 31.5. The average Bonchev–Trinajstić information content (AvgIpc) is 3.45. The van der Waals surface area contributed by atoms with Gasteiger partial charge in [-0.25, -0.2) is 9.78 Å². The summed E-state index contributed by atoms with van der Waals surface area (Å²) in [6, 6.07) is 2.36. The predicted molar refractivity (Wildman–Crippen MR) is 149 cm³/mol. The molecular weight excluding hydrogens is 592 g/mol. The number of ether oxygens (including phenoxy) is 1. The van der Waals surface area contributed by atoms with E-state index in [9.17, 15) is 31.1 Å². The molecule has 1 unspecified atom stereocenters. The lowest BCUT2D eigenvalue weighted by atomic mass is 9.93. The molecule has 1 aliphatic heterocycles. The van der Waals surface area contributed by atoms with Crippen molar-refractivity contribution in [3.8, 4) is 11.1 Å². The summed E-state index contributed by atoms with van der Waals surface area (Å²) in [7, 11) is 0. The molecular formula is C30H33F6N5O3. The highest BCUT2D eigenvalue weighted by Crippen LogP contribution is 2.42. The molecule has 2 aliphatic rings. The molecule has 1 amide bonds. The number of pyridine rings is 1. The fraction of sp³-hybridized carbons (Fsp3) is 0.500. The normalized spacial score (nSPS) is 19.8. The third kappa shape index (κ3) is 6.16. The number of benzene rings is 1. The Morgan fingerprint density at radius 3 is 2.20 bits per heavy atom. The van der Waals surface area contributed by atoms with Crippen LogP contribution in [-0.2, 0) is 23.6 Å². The van der Waals surface area contributed by atoms with Crippen LogP contribution in [0, 0.1) is 6.92 Å². The molecule has 2 atom stereocenters. The van der Waals surface area contributed by atoms with Crippen molar-refractivity contribution >= 4 is 17.7 Å². The number of halogens is 6. The first-order valence-electron chi connectivity index (χ1n) is 14.4. The number of anilines is 2. The van der Waals surface area contributed by atoms with Crippen molar-refractivity contribution in [2.24, 2.45) is 0 Å². The Labute approximate surface area is 250 Å². The van der Waals surface area contributed by atoms with Crippen molar-refractivity contribution in [2.45, 2.75) is 90.0 Å². The number of nitrogens with zero attached hydrogens (tertiary/aromatic N) is 4. The zero-order valence-corrected chi connectivity index (χ0v) is 24.4. The number of aryl methyl sites for hydroxylation is 1. The molecule has 1 saturated carbocycles. The summed E-state index contributed by atoms with van der Waals surface area (Å²) in [4.78, 5) is 21.4. The van der Waals surface area contributed by atoms with E-state index in [0.29, 0.717) is 46.9 Å². The number of carbonyl (C=O) groups is 1. The molecule has 8 nitrogen and oxygen atoms in total. The quantitative estimate of drug-likeness (QED) is 0.267. The fourth-order valence-electron chi connectivity index (χ4n) is 6.22. The minimum absolute atomic E-state index is 0.0508. The summed E-state index contributed by atoms with van der Waals surface area (Å²) in [5.41, 5.74) is 4.43. The minimum atomic E-state index is -5.03. The molecule has 14 heteroatoms. The van der Waals surface area contributed by atoms with Gasteiger partial charge in [0.2, 0.25) is 0 Å². The van der Waals surface area contributed by atoms with Gasteiger partial charge >= 0.3 is 18.4 Å². The van der Waals surface area contributed by atoms with E-state index in [0.717, 1.165) is 32.1 Å². The summed E-state index contributed by atoms with van der Waals surface area (Å²) in [6.45, 7) is 5.80. The van der Waals surface area contributed by atoms with Crippen LogP contribution in [0.2, 0.25) is 0 Å². The molecule has 1 saturated heterocycles. The van der Waals surface area contributed by atoms with Crippen LogP contribution in [0.25, 0.3) is 11.1 Å². The molecule has 0 bridgehead atoms. The highest BCUT2D eigenvalue weighted by Gasteiger charge is 2.43.